The molecule has 0 radical (unpaired) electrons. The molecule has 1 fully saturated rings. The van der Waals surface area contributed by atoms with Gasteiger partial charge in [-0.15, -0.1) is 0 Å². The molecular formula is C14H23N3. The molecule has 0 atom stereocenters. The smallest absolute Gasteiger partial charge is 0.128 e. The van der Waals surface area contributed by atoms with Crippen LogP contribution >= 0.6 is 0 Å². The molecule has 0 saturated carbocycles. The molecule has 2 rings (SSSR count). The van der Waals surface area contributed by atoms with Gasteiger partial charge >= 0.3 is 0 Å². The summed E-state index contributed by atoms with van der Waals surface area (Å²) in [6, 6.07) is 4.29. The second-order valence-electron chi connectivity index (χ2n) is 4.93. The summed E-state index contributed by atoms with van der Waals surface area (Å²) in [5, 5.41) is 3.42. The molecule has 1 saturated heterocycles. The highest BCUT2D eigenvalue weighted by Gasteiger charge is 2.16. The van der Waals surface area contributed by atoms with Crippen molar-refractivity contribution >= 4 is 5.82 Å². The van der Waals surface area contributed by atoms with Gasteiger partial charge in [0, 0.05) is 19.3 Å². The van der Waals surface area contributed by atoms with E-state index in [9.17, 15) is 0 Å². The summed E-state index contributed by atoms with van der Waals surface area (Å²) in [6.07, 6.45) is 4.55. The number of aromatic nitrogens is 1. The first-order valence-corrected chi connectivity index (χ1v) is 6.68. The number of rotatable bonds is 4. The van der Waals surface area contributed by atoms with Crippen LogP contribution in [0, 0.1) is 12.8 Å². The van der Waals surface area contributed by atoms with Crippen molar-refractivity contribution in [2.45, 2.75) is 26.7 Å². The van der Waals surface area contributed by atoms with Gasteiger partial charge in [-0.25, -0.2) is 4.98 Å². The summed E-state index contributed by atoms with van der Waals surface area (Å²) in [5.74, 6) is 1.94. The van der Waals surface area contributed by atoms with Crippen LogP contribution in [-0.2, 0) is 0 Å². The number of aryl methyl sites for hydroxylation is 1. The molecule has 3 nitrogen and oxygen atoms in total. The number of hydrogen-bond donors (Lipinski definition) is 1. The molecule has 0 bridgehead atoms. The molecule has 0 spiro atoms. The Hall–Kier alpha value is -1.09. The Balaban J connectivity index is 1.97. The summed E-state index contributed by atoms with van der Waals surface area (Å²) >= 11 is 0. The second kappa shape index (κ2) is 6.01. The number of anilines is 1. The van der Waals surface area contributed by atoms with Gasteiger partial charge in [0.25, 0.3) is 0 Å². The summed E-state index contributed by atoms with van der Waals surface area (Å²) in [6.45, 7) is 8.82. The number of nitrogens with one attached hydrogen (secondary N) is 1. The van der Waals surface area contributed by atoms with Crippen molar-refractivity contribution < 1.29 is 0 Å². The van der Waals surface area contributed by atoms with Crippen LogP contribution in [0.1, 0.15) is 25.3 Å². The van der Waals surface area contributed by atoms with E-state index >= 15 is 0 Å². The molecule has 0 unspecified atom stereocenters. The van der Waals surface area contributed by atoms with Crippen molar-refractivity contribution in [1.82, 2.24) is 10.3 Å². The molecule has 1 aromatic heterocycles. The van der Waals surface area contributed by atoms with Gasteiger partial charge in [-0.3, -0.25) is 0 Å². The van der Waals surface area contributed by atoms with Crippen molar-refractivity contribution in [3.05, 3.63) is 23.9 Å². The van der Waals surface area contributed by atoms with Crippen LogP contribution in [0.5, 0.6) is 0 Å². The number of pyridine rings is 1. The van der Waals surface area contributed by atoms with Crippen LogP contribution in [0.2, 0.25) is 0 Å². The first-order chi connectivity index (χ1) is 8.29. The average Bonchev–Trinajstić information content (AvgIpc) is 2.38. The molecular weight excluding hydrogens is 210 g/mol. The van der Waals surface area contributed by atoms with E-state index in [-0.39, 0.29) is 0 Å². The summed E-state index contributed by atoms with van der Waals surface area (Å²) in [4.78, 5) is 6.92. The van der Waals surface area contributed by atoms with E-state index in [1.807, 2.05) is 6.20 Å². The van der Waals surface area contributed by atoms with Crippen molar-refractivity contribution in [1.29, 1.82) is 0 Å². The Labute approximate surface area is 104 Å². The van der Waals surface area contributed by atoms with Crippen molar-refractivity contribution in [3.63, 3.8) is 0 Å². The number of nitrogens with zero attached hydrogens (tertiary/aromatic N) is 2. The Kier molecular flexibility index (Phi) is 4.37. The van der Waals surface area contributed by atoms with Gasteiger partial charge in [-0.2, -0.15) is 0 Å². The maximum Gasteiger partial charge on any atom is 0.128 e. The Morgan fingerprint density at radius 3 is 2.71 bits per heavy atom. The van der Waals surface area contributed by atoms with E-state index in [0.717, 1.165) is 24.8 Å². The predicted molar refractivity (Wildman–Crippen MR) is 72.5 cm³/mol. The van der Waals surface area contributed by atoms with Gasteiger partial charge in [0.2, 0.25) is 0 Å². The maximum absolute atomic E-state index is 4.53. The molecule has 1 N–H and O–H groups in total. The van der Waals surface area contributed by atoms with Gasteiger partial charge in [0.1, 0.15) is 5.82 Å². The molecule has 3 heteroatoms. The highest BCUT2D eigenvalue weighted by Crippen LogP contribution is 2.18. The summed E-state index contributed by atoms with van der Waals surface area (Å²) in [5.41, 5.74) is 1.23. The third-order valence-corrected chi connectivity index (χ3v) is 3.54. The lowest BCUT2D eigenvalue weighted by molar-refractivity contribution is 0.374. The summed E-state index contributed by atoms with van der Waals surface area (Å²) in [7, 11) is 0. The van der Waals surface area contributed by atoms with Crippen molar-refractivity contribution in [2.75, 3.05) is 31.1 Å². The fourth-order valence-electron chi connectivity index (χ4n) is 2.41. The molecule has 0 amide bonds. The van der Waals surface area contributed by atoms with Crippen LogP contribution in [0.25, 0.3) is 0 Å². The van der Waals surface area contributed by atoms with E-state index < -0.39 is 0 Å². The lowest BCUT2D eigenvalue weighted by Crippen LogP contribution is -2.36. The standard InChI is InChI=1S/C14H23N3/c1-3-17(11-13-6-8-15-9-7-13)14-5-4-12(2)10-16-14/h4-5,10,13,15H,3,6-9,11H2,1-2H3. The van der Waals surface area contributed by atoms with E-state index in [1.54, 1.807) is 0 Å². The highest BCUT2D eigenvalue weighted by molar-refractivity contribution is 5.39. The Bertz CT molecular complexity index is 328. The predicted octanol–water partition coefficient (Wildman–Crippen LogP) is 2.22. The molecule has 0 aliphatic carbocycles. The van der Waals surface area contributed by atoms with Gasteiger partial charge in [-0.1, -0.05) is 6.07 Å². The van der Waals surface area contributed by atoms with Gasteiger partial charge in [0.15, 0.2) is 0 Å². The average molecular weight is 233 g/mol. The molecule has 17 heavy (non-hydrogen) atoms. The topological polar surface area (TPSA) is 28.2 Å². The van der Waals surface area contributed by atoms with E-state index in [0.29, 0.717) is 0 Å². The SMILES string of the molecule is CCN(CC1CCNCC1)c1ccc(C)cn1. The first kappa shape index (κ1) is 12.4. The number of hydrogen-bond acceptors (Lipinski definition) is 3. The van der Waals surface area contributed by atoms with E-state index in [2.05, 4.69) is 41.2 Å². The zero-order valence-corrected chi connectivity index (χ0v) is 10.9. The van der Waals surface area contributed by atoms with Crippen molar-refractivity contribution in [3.8, 4) is 0 Å². The molecule has 94 valence electrons. The van der Waals surface area contributed by atoms with E-state index in [1.165, 1.54) is 31.5 Å². The fourth-order valence-corrected chi connectivity index (χ4v) is 2.41. The number of piperidine rings is 1. The Morgan fingerprint density at radius 1 is 1.35 bits per heavy atom. The summed E-state index contributed by atoms with van der Waals surface area (Å²) < 4.78 is 0. The zero-order valence-electron chi connectivity index (χ0n) is 10.9. The van der Waals surface area contributed by atoms with Crippen LogP contribution < -0.4 is 10.2 Å². The molecule has 1 aromatic rings. The van der Waals surface area contributed by atoms with Crippen LogP contribution in [0.4, 0.5) is 5.82 Å². The highest BCUT2D eigenvalue weighted by atomic mass is 15.2. The largest absolute Gasteiger partial charge is 0.357 e. The Morgan fingerprint density at radius 2 is 2.12 bits per heavy atom. The second-order valence-corrected chi connectivity index (χ2v) is 4.93. The van der Waals surface area contributed by atoms with Crippen LogP contribution in [-0.4, -0.2) is 31.2 Å². The fraction of sp³-hybridized carbons (Fsp3) is 0.643. The van der Waals surface area contributed by atoms with Gasteiger partial charge < -0.3 is 10.2 Å². The first-order valence-electron chi connectivity index (χ1n) is 6.68. The van der Waals surface area contributed by atoms with Crippen molar-refractivity contribution in [2.24, 2.45) is 5.92 Å². The molecule has 1 aliphatic heterocycles. The van der Waals surface area contributed by atoms with Gasteiger partial charge in [0.05, 0.1) is 0 Å². The quantitative estimate of drug-likeness (QED) is 0.864. The van der Waals surface area contributed by atoms with Crippen LogP contribution in [0.3, 0.4) is 0 Å². The monoisotopic (exact) mass is 233 g/mol. The minimum absolute atomic E-state index is 0.819. The molecule has 2 heterocycles. The van der Waals surface area contributed by atoms with E-state index in [4.69, 9.17) is 0 Å². The lowest BCUT2D eigenvalue weighted by Gasteiger charge is -2.30. The third kappa shape index (κ3) is 3.43. The minimum atomic E-state index is 0.819. The van der Waals surface area contributed by atoms with Crippen LogP contribution in [0.15, 0.2) is 18.3 Å². The maximum atomic E-state index is 4.53. The normalized spacial score (nSPS) is 17.1. The zero-order chi connectivity index (χ0) is 12.1. The third-order valence-electron chi connectivity index (χ3n) is 3.54. The molecule has 1 aliphatic rings. The van der Waals surface area contributed by atoms with Gasteiger partial charge in [-0.05, 0) is 57.3 Å². The molecule has 0 aromatic carbocycles. The lowest BCUT2D eigenvalue weighted by atomic mass is 9.97. The minimum Gasteiger partial charge on any atom is -0.357 e.